The van der Waals surface area contributed by atoms with Crippen molar-refractivity contribution in [2.24, 2.45) is 0 Å². The first kappa shape index (κ1) is 32.1. The lowest BCUT2D eigenvalue weighted by atomic mass is 9.90. The van der Waals surface area contributed by atoms with Crippen molar-refractivity contribution < 1.29 is 0 Å². The Morgan fingerprint density at radius 1 is 0.316 bits per heavy atom. The number of thiophene rings is 1. The van der Waals surface area contributed by atoms with Crippen molar-refractivity contribution in [3.05, 3.63) is 194 Å². The van der Waals surface area contributed by atoms with E-state index in [1.807, 2.05) is 17.4 Å². The van der Waals surface area contributed by atoms with Gasteiger partial charge in [-0.15, -0.1) is 11.3 Å². The smallest absolute Gasteiger partial charge is 0.160 e. The van der Waals surface area contributed by atoms with Crippen LogP contribution >= 0.6 is 11.3 Å². The van der Waals surface area contributed by atoms with Crippen LogP contribution in [-0.2, 0) is 0 Å². The SMILES string of the molecule is c1ccc(-c2nc(-c3ccc(-c4cccc5ccccc45)cc3)cc(-c3cc4c5ccccc5c5ccccc5c4c4sc5cc6ccccc6cc5c34)n2)cc1. The summed E-state index contributed by atoms with van der Waals surface area (Å²) in [6, 6.07) is 70.2. The molecule has 0 atom stereocenters. The van der Waals surface area contributed by atoms with E-state index in [2.05, 4.69) is 188 Å². The molecule has 12 rings (SSSR count). The van der Waals surface area contributed by atoms with E-state index in [-0.39, 0.29) is 0 Å². The Morgan fingerprint density at radius 3 is 1.67 bits per heavy atom. The van der Waals surface area contributed by atoms with E-state index in [1.165, 1.54) is 85.2 Å². The molecule has 2 nitrogen and oxygen atoms in total. The highest BCUT2D eigenvalue weighted by Crippen LogP contribution is 2.49. The third-order valence-electron chi connectivity index (χ3n) is 11.6. The monoisotopic (exact) mass is 740 g/mol. The summed E-state index contributed by atoms with van der Waals surface area (Å²) in [5, 5.41) is 15.1. The van der Waals surface area contributed by atoms with Crippen LogP contribution in [-0.4, -0.2) is 9.97 Å². The van der Waals surface area contributed by atoms with Gasteiger partial charge in [-0.3, -0.25) is 0 Å². The maximum absolute atomic E-state index is 5.44. The van der Waals surface area contributed by atoms with Gasteiger partial charge in [0, 0.05) is 42.2 Å². The molecule has 0 amide bonds. The third-order valence-corrected chi connectivity index (χ3v) is 12.8. The van der Waals surface area contributed by atoms with E-state index in [4.69, 9.17) is 9.97 Å². The van der Waals surface area contributed by atoms with E-state index < -0.39 is 0 Å². The van der Waals surface area contributed by atoms with Crippen LogP contribution in [0.5, 0.6) is 0 Å². The Morgan fingerprint density at radius 2 is 0.895 bits per heavy atom. The Bertz CT molecular complexity index is 3560. The van der Waals surface area contributed by atoms with Gasteiger partial charge in [-0.1, -0.05) is 170 Å². The first-order valence-electron chi connectivity index (χ1n) is 19.4. The van der Waals surface area contributed by atoms with Gasteiger partial charge in [0.05, 0.1) is 11.4 Å². The first-order chi connectivity index (χ1) is 28.2. The summed E-state index contributed by atoms with van der Waals surface area (Å²) in [5.41, 5.74) is 7.37. The molecule has 264 valence electrons. The average molecular weight is 741 g/mol. The second-order valence-electron chi connectivity index (χ2n) is 14.9. The summed E-state index contributed by atoms with van der Waals surface area (Å²) in [4.78, 5) is 10.7. The van der Waals surface area contributed by atoms with Gasteiger partial charge in [-0.25, -0.2) is 9.97 Å². The van der Waals surface area contributed by atoms with Crippen molar-refractivity contribution in [2.75, 3.05) is 0 Å². The van der Waals surface area contributed by atoms with Gasteiger partial charge in [0.2, 0.25) is 0 Å². The topological polar surface area (TPSA) is 25.8 Å². The van der Waals surface area contributed by atoms with Crippen molar-refractivity contribution in [1.29, 1.82) is 0 Å². The average Bonchev–Trinajstić information content (AvgIpc) is 3.66. The van der Waals surface area contributed by atoms with E-state index >= 15 is 0 Å². The summed E-state index contributed by atoms with van der Waals surface area (Å²) in [6.45, 7) is 0. The molecule has 0 saturated carbocycles. The molecule has 0 bridgehead atoms. The van der Waals surface area contributed by atoms with Gasteiger partial charge in [0.15, 0.2) is 5.82 Å². The van der Waals surface area contributed by atoms with Gasteiger partial charge < -0.3 is 0 Å². The van der Waals surface area contributed by atoms with Crippen LogP contribution in [0.1, 0.15) is 0 Å². The Hall–Kier alpha value is -7.20. The highest BCUT2D eigenvalue weighted by molar-refractivity contribution is 7.27. The predicted octanol–water partition coefficient (Wildman–Crippen LogP) is 15.3. The van der Waals surface area contributed by atoms with Crippen LogP contribution in [0.25, 0.3) is 119 Å². The lowest BCUT2D eigenvalue weighted by Crippen LogP contribution is -1.97. The summed E-state index contributed by atoms with van der Waals surface area (Å²) in [6.07, 6.45) is 0. The van der Waals surface area contributed by atoms with E-state index in [1.54, 1.807) is 0 Å². The number of hydrogen-bond donors (Lipinski definition) is 0. The lowest BCUT2D eigenvalue weighted by Gasteiger charge is -2.15. The highest BCUT2D eigenvalue weighted by Gasteiger charge is 2.21. The van der Waals surface area contributed by atoms with E-state index in [9.17, 15) is 0 Å². The molecule has 0 spiro atoms. The Balaban J connectivity index is 1.16. The number of fused-ring (bicyclic) bond motifs is 12. The van der Waals surface area contributed by atoms with Crippen molar-refractivity contribution in [1.82, 2.24) is 9.97 Å². The number of nitrogens with zero attached hydrogens (tertiary/aromatic N) is 2. The molecule has 3 heteroatoms. The third kappa shape index (κ3) is 5.10. The first-order valence-corrected chi connectivity index (χ1v) is 20.2. The van der Waals surface area contributed by atoms with Crippen molar-refractivity contribution in [2.45, 2.75) is 0 Å². The molecule has 2 aromatic heterocycles. The molecule has 57 heavy (non-hydrogen) atoms. The number of benzene rings is 10. The summed E-state index contributed by atoms with van der Waals surface area (Å²) in [7, 11) is 0. The number of aromatic nitrogens is 2. The molecule has 0 radical (unpaired) electrons. The minimum atomic E-state index is 0.711. The van der Waals surface area contributed by atoms with Gasteiger partial charge >= 0.3 is 0 Å². The summed E-state index contributed by atoms with van der Waals surface area (Å²) >= 11 is 1.90. The summed E-state index contributed by atoms with van der Waals surface area (Å²) < 4.78 is 2.56. The number of rotatable bonds is 4. The second-order valence-corrected chi connectivity index (χ2v) is 15.9. The standard InChI is InChI=1S/C54H32N2S/c1-2-14-36(15-3-1)54-55-48(35-27-25-34(26-28-35)40-24-12-18-33-13-6-7-19-39(33)40)32-49(56-54)46-31-45-43-22-9-8-20-41(43)42-21-10-11-23-44(42)51(45)53-52(46)47-29-37-16-4-5-17-38(37)30-50(47)57-53/h1-32H. The fourth-order valence-electron chi connectivity index (χ4n) is 8.95. The van der Waals surface area contributed by atoms with Crippen LogP contribution < -0.4 is 0 Å². The highest BCUT2D eigenvalue weighted by atomic mass is 32.1. The fourth-order valence-corrected chi connectivity index (χ4v) is 10.3. The number of hydrogen-bond acceptors (Lipinski definition) is 3. The molecule has 0 N–H and O–H groups in total. The minimum Gasteiger partial charge on any atom is -0.228 e. The normalized spacial score (nSPS) is 11.9. The minimum absolute atomic E-state index is 0.711. The van der Waals surface area contributed by atoms with Crippen molar-refractivity contribution >= 4 is 85.4 Å². The molecule has 0 saturated heterocycles. The van der Waals surface area contributed by atoms with Crippen LogP contribution in [0.15, 0.2) is 194 Å². The Labute approximate surface area is 333 Å². The zero-order chi connectivity index (χ0) is 37.5. The second kappa shape index (κ2) is 12.7. The molecule has 0 aliphatic heterocycles. The maximum atomic E-state index is 5.44. The quantitative estimate of drug-likeness (QED) is 0.168. The zero-order valence-corrected chi connectivity index (χ0v) is 31.6. The zero-order valence-electron chi connectivity index (χ0n) is 30.8. The van der Waals surface area contributed by atoms with Gasteiger partial charge in [-0.2, -0.15) is 0 Å². The maximum Gasteiger partial charge on any atom is 0.160 e. The lowest BCUT2D eigenvalue weighted by molar-refractivity contribution is 1.19. The van der Waals surface area contributed by atoms with Crippen LogP contribution in [0.4, 0.5) is 0 Å². The molecule has 2 heterocycles. The molecule has 10 aromatic carbocycles. The molecule has 12 aromatic rings. The van der Waals surface area contributed by atoms with Crippen molar-refractivity contribution in [3.63, 3.8) is 0 Å². The molecule has 0 fully saturated rings. The fraction of sp³-hybridized carbons (Fsp3) is 0. The largest absolute Gasteiger partial charge is 0.228 e. The predicted molar refractivity (Wildman–Crippen MR) is 244 cm³/mol. The Kier molecular flexibility index (Phi) is 7.13. The van der Waals surface area contributed by atoms with Gasteiger partial charge in [0.1, 0.15) is 0 Å². The molecular weight excluding hydrogens is 709 g/mol. The summed E-state index contributed by atoms with van der Waals surface area (Å²) in [5.74, 6) is 0.711. The van der Waals surface area contributed by atoms with Gasteiger partial charge in [0.25, 0.3) is 0 Å². The van der Waals surface area contributed by atoms with Crippen molar-refractivity contribution in [3.8, 4) is 45.0 Å². The van der Waals surface area contributed by atoms with Crippen LogP contribution in [0.3, 0.4) is 0 Å². The molecular formula is C54H32N2S. The van der Waals surface area contributed by atoms with E-state index in [0.29, 0.717) is 5.82 Å². The molecule has 0 aliphatic rings. The molecule has 0 unspecified atom stereocenters. The molecule has 0 aliphatic carbocycles. The van der Waals surface area contributed by atoms with Crippen LogP contribution in [0.2, 0.25) is 0 Å². The van der Waals surface area contributed by atoms with Gasteiger partial charge in [-0.05, 0) is 83.9 Å². The van der Waals surface area contributed by atoms with Crippen LogP contribution in [0, 0.1) is 0 Å². The van der Waals surface area contributed by atoms with E-state index in [0.717, 1.165) is 28.1 Å².